The summed E-state index contributed by atoms with van der Waals surface area (Å²) in [7, 11) is 0. The predicted octanol–water partition coefficient (Wildman–Crippen LogP) is 3.72. The normalized spacial score (nSPS) is 10.0. The van der Waals surface area contributed by atoms with Crippen LogP contribution in [0.5, 0.6) is 0 Å². The van der Waals surface area contributed by atoms with Gasteiger partial charge < -0.3 is 11.1 Å². The SMILES string of the molecule is N#Cc1nc(Nc2c(Cl)cc(F)cc2Cl)ccc1N. The molecule has 4 nitrogen and oxygen atoms in total. The maximum absolute atomic E-state index is 13.0. The molecule has 0 aliphatic rings. The van der Waals surface area contributed by atoms with Crippen molar-refractivity contribution < 1.29 is 4.39 Å². The Labute approximate surface area is 118 Å². The van der Waals surface area contributed by atoms with Crippen LogP contribution in [0, 0.1) is 17.1 Å². The maximum Gasteiger partial charge on any atom is 0.165 e. The summed E-state index contributed by atoms with van der Waals surface area (Å²) in [6.07, 6.45) is 0. The van der Waals surface area contributed by atoms with E-state index in [4.69, 9.17) is 34.2 Å². The quantitative estimate of drug-likeness (QED) is 0.885. The van der Waals surface area contributed by atoms with Crippen molar-refractivity contribution in [2.45, 2.75) is 0 Å². The van der Waals surface area contributed by atoms with E-state index in [1.807, 2.05) is 6.07 Å². The number of pyridine rings is 1. The number of hydrogen-bond acceptors (Lipinski definition) is 4. The molecule has 0 unspecified atom stereocenters. The summed E-state index contributed by atoms with van der Waals surface area (Å²) in [6.45, 7) is 0. The molecule has 96 valence electrons. The second-order valence-electron chi connectivity index (χ2n) is 3.62. The first-order valence-electron chi connectivity index (χ1n) is 5.09. The molecule has 3 N–H and O–H groups in total. The fraction of sp³-hybridized carbons (Fsp3) is 0. The van der Waals surface area contributed by atoms with Gasteiger partial charge in [0.2, 0.25) is 0 Å². The highest BCUT2D eigenvalue weighted by Gasteiger charge is 2.10. The Bertz CT molecular complexity index is 659. The topological polar surface area (TPSA) is 74.7 Å². The van der Waals surface area contributed by atoms with Crippen molar-refractivity contribution in [2.75, 3.05) is 11.1 Å². The second kappa shape index (κ2) is 5.31. The third-order valence-corrected chi connectivity index (χ3v) is 2.89. The van der Waals surface area contributed by atoms with E-state index >= 15 is 0 Å². The van der Waals surface area contributed by atoms with Gasteiger partial charge in [0.15, 0.2) is 5.69 Å². The van der Waals surface area contributed by atoms with Gasteiger partial charge in [-0.2, -0.15) is 5.26 Å². The molecule has 0 radical (unpaired) electrons. The number of nitrogen functional groups attached to an aromatic ring is 1. The first-order chi connectivity index (χ1) is 9.01. The van der Waals surface area contributed by atoms with E-state index in [9.17, 15) is 4.39 Å². The molecule has 0 saturated heterocycles. The van der Waals surface area contributed by atoms with Crippen LogP contribution in [-0.2, 0) is 0 Å². The lowest BCUT2D eigenvalue weighted by molar-refractivity contribution is 0.628. The number of nitrogens with two attached hydrogens (primary N) is 1. The van der Waals surface area contributed by atoms with Gasteiger partial charge in [0, 0.05) is 0 Å². The maximum atomic E-state index is 13.0. The summed E-state index contributed by atoms with van der Waals surface area (Å²) in [4.78, 5) is 3.98. The minimum absolute atomic E-state index is 0.0827. The van der Waals surface area contributed by atoms with Crippen molar-refractivity contribution in [3.63, 3.8) is 0 Å². The van der Waals surface area contributed by atoms with Crippen LogP contribution in [0.2, 0.25) is 10.0 Å². The highest BCUT2D eigenvalue weighted by Crippen LogP contribution is 2.33. The van der Waals surface area contributed by atoms with Gasteiger partial charge in [-0.15, -0.1) is 0 Å². The first kappa shape index (κ1) is 13.4. The molecule has 0 amide bonds. The van der Waals surface area contributed by atoms with Gasteiger partial charge in [-0.3, -0.25) is 0 Å². The van der Waals surface area contributed by atoms with Crippen LogP contribution in [-0.4, -0.2) is 4.98 Å². The number of halogens is 3. The first-order valence-corrected chi connectivity index (χ1v) is 5.85. The summed E-state index contributed by atoms with van der Waals surface area (Å²) < 4.78 is 13.0. The molecule has 0 saturated carbocycles. The summed E-state index contributed by atoms with van der Waals surface area (Å²) in [5.41, 5.74) is 6.22. The largest absolute Gasteiger partial charge is 0.396 e. The Balaban J connectivity index is 2.40. The average Bonchev–Trinajstić information content (AvgIpc) is 2.35. The van der Waals surface area contributed by atoms with E-state index in [0.717, 1.165) is 12.1 Å². The number of nitriles is 1. The van der Waals surface area contributed by atoms with E-state index in [0.29, 0.717) is 11.5 Å². The van der Waals surface area contributed by atoms with Crippen molar-refractivity contribution >= 4 is 40.4 Å². The molecule has 0 aliphatic heterocycles. The second-order valence-corrected chi connectivity index (χ2v) is 4.43. The van der Waals surface area contributed by atoms with Gasteiger partial charge in [-0.1, -0.05) is 23.2 Å². The molecule has 7 heteroatoms. The number of aromatic nitrogens is 1. The van der Waals surface area contributed by atoms with Crippen LogP contribution < -0.4 is 11.1 Å². The fourth-order valence-electron chi connectivity index (χ4n) is 1.42. The molecule has 0 spiro atoms. The number of anilines is 3. The smallest absolute Gasteiger partial charge is 0.165 e. The Morgan fingerprint density at radius 1 is 1.26 bits per heavy atom. The number of nitrogens with zero attached hydrogens (tertiary/aromatic N) is 2. The molecule has 1 heterocycles. The zero-order valence-corrected chi connectivity index (χ0v) is 10.9. The molecule has 19 heavy (non-hydrogen) atoms. The number of benzene rings is 1. The molecule has 1 aromatic carbocycles. The van der Waals surface area contributed by atoms with Crippen LogP contribution in [0.1, 0.15) is 5.69 Å². The van der Waals surface area contributed by atoms with Gasteiger partial charge >= 0.3 is 0 Å². The van der Waals surface area contributed by atoms with Crippen LogP contribution in [0.4, 0.5) is 21.6 Å². The minimum Gasteiger partial charge on any atom is -0.396 e. The van der Waals surface area contributed by atoms with E-state index < -0.39 is 5.82 Å². The monoisotopic (exact) mass is 296 g/mol. The van der Waals surface area contributed by atoms with Crippen LogP contribution in [0.25, 0.3) is 0 Å². The lowest BCUT2D eigenvalue weighted by Crippen LogP contribution is -2.00. The third kappa shape index (κ3) is 2.87. The summed E-state index contributed by atoms with van der Waals surface area (Å²) in [5.74, 6) is -0.204. The molecule has 0 fully saturated rings. The Morgan fingerprint density at radius 2 is 1.89 bits per heavy atom. The van der Waals surface area contributed by atoms with Crippen molar-refractivity contribution in [2.24, 2.45) is 0 Å². The zero-order valence-electron chi connectivity index (χ0n) is 9.42. The molecular weight excluding hydrogens is 290 g/mol. The molecule has 0 bridgehead atoms. The average molecular weight is 297 g/mol. The zero-order chi connectivity index (χ0) is 14.0. The lowest BCUT2D eigenvalue weighted by atomic mass is 10.3. The number of hydrogen-bond donors (Lipinski definition) is 2. The molecule has 2 aromatic rings. The van der Waals surface area contributed by atoms with E-state index in [-0.39, 0.29) is 21.4 Å². The molecular formula is C12H7Cl2FN4. The molecule has 1 aromatic heterocycles. The van der Waals surface area contributed by atoms with Crippen molar-refractivity contribution in [1.29, 1.82) is 5.26 Å². The Morgan fingerprint density at radius 3 is 2.47 bits per heavy atom. The summed E-state index contributed by atoms with van der Waals surface area (Å²) >= 11 is 11.8. The highest BCUT2D eigenvalue weighted by molar-refractivity contribution is 6.39. The van der Waals surface area contributed by atoms with E-state index in [1.165, 1.54) is 6.07 Å². The molecule has 0 aliphatic carbocycles. The van der Waals surface area contributed by atoms with E-state index in [2.05, 4.69) is 10.3 Å². The van der Waals surface area contributed by atoms with Gasteiger partial charge in [-0.25, -0.2) is 9.37 Å². The fourth-order valence-corrected chi connectivity index (χ4v) is 1.97. The number of nitrogens with one attached hydrogen (secondary N) is 1. The van der Waals surface area contributed by atoms with Gasteiger partial charge in [0.05, 0.1) is 21.4 Å². The van der Waals surface area contributed by atoms with Gasteiger partial charge in [0.25, 0.3) is 0 Å². The van der Waals surface area contributed by atoms with Crippen molar-refractivity contribution in [3.8, 4) is 6.07 Å². The van der Waals surface area contributed by atoms with Crippen LogP contribution in [0.3, 0.4) is 0 Å². The number of rotatable bonds is 2. The van der Waals surface area contributed by atoms with Gasteiger partial charge in [0.1, 0.15) is 17.7 Å². The van der Waals surface area contributed by atoms with Crippen LogP contribution in [0.15, 0.2) is 24.3 Å². The lowest BCUT2D eigenvalue weighted by Gasteiger charge is -2.10. The molecule has 2 rings (SSSR count). The van der Waals surface area contributed by atoms with Crippen molar-refractivity contribution in [3.05, 3.63) is 45.8 Å². The van der Waals surface area contributed by atoms with E-state index in [1.54, 1.807) is 6.07 Å². The predicted molar refractivity (Wildman–Crippen MR) is 73.1 cm³/mol. The summed E-state index contributed by atoms with van der Waals surface area (Å²) in [6, 6.07) is 7.19. The molecule has 0 atom stereocenters. The third-order valence-electron chi connectivity index (χ3n) is 2.29. The minimum atomic E-state index is -0.538. The van der Waals surface area contributed by atoms with Gasteiger partial charge in [-0.05, 0) is 24.3 Å². The Hall–Kier alpha value is -2.03. The van der Waals surface area contributed by atoms with Crippen molar-refractivity contribution in [1.82, 2.24) is 4.98 Å². The highest BCUT2D eigenvalue weighted by atomic mass is 35.5. The standard InChI is InChI=1S/C12H7Cl2FN4/c13-7-3-6(15)4-8(14)12(7)19-11-2-1-9(17)10(5-16)18-11/h1-4H,17H2,(H,18,19). The summed E-state index contributed by atoms with van der Waals surface area (Å²) in [5, 5.41) is 11.9. The Kier molecular flexibility index (Phi) is 3.74. The van der Waals surface area contributed by atoms with Crippen LogP contribution >= 0.6 is 23.2 Å².